The van der Waals surface area contributed by atoms with Crippen LogP contribution in [-0.4, -0.2) is 52.7 Å². The number of pyridine rings is 1. The monoisotopic (exact) mass is 360 g/mol. The molecule has 9 heteroatoms. The number of nitrogens with zero attached hydrogens (tertiary/aromatic N) is 5. The molecular weight excluding hydrogens is 336 g/mol. The Kier molecular flexibility index (Phi) is 6.41. The van der Waals surface area contributed by atoms with Gasteiger partial charge in [-0.3, -0.25) is 9.78 Å². The standard InChI is InChI=1S/C17H24N6O3/c1-17(2,3)26-16(25)23-10-4-5-13(21-22-18)14(11-23)20-15(24)12-6-8-19-9-7-12/h6-9,13-14H,4-5,10-11H2,1-3H3,(H,20,24)/t13-,14-/m1/s1. The number of nitrogens with one attached hydrogen (secondary N) is 1. The molecule has 1 aliphatic rings. The summed E-state index contributed by atoms with van der Waals surface area (Å²) in [4.78, 5) is 33.2. The number of amides is 2. The van der Waals surface area contributed by atoms with Crippen LogP contribution < -0.4 is 5.32 Å². The van der Waals surface area contributed by atoms with Crippen LogP contribution in [0.25, 0.3) is 10.4 Å². The van der Waals surface area contributed by atoms with Crippen molar-refractivity contribution < 1.29 is 14.3 Å². The van der Waals surface area contributed by atoms with Crippen LogP contribution in [-0.2, 0) is 4.74 Å². The lowest BCUT2D eigenvalue weighted by Gasteiger charge is -2.29. The van der Waals surface area contributed by atoms with E-state index >= 15 is 0 Å². The molecular formula is C17H24N6O3. The molecule has 0 unspecified atom stereocenters. The van der Waals surface area contributed by atoms with Gasteiger partial charge in [-0.1, -0.05) is 5.11 Å². The van der Waals surface area contributed by atoms with Crippen LogP contribution in [0.1, 0.15) is 44.0 Å². The molecule has 0 aliphatic carbocycles. The summed E-state index contributed by atoms with van der Waals surface area (Å²) in [6.07, 6.45) is 3.84. The zero-order chi connectivity index (χ0) is 19.2. The Bertz CT molecular complexity index is 681. The zero-order valence-electron chi connectivity index (χ0n) is 15.3. The molecule has 0 saturated carbocycles. The van der Waals surface area contributed by atoms with Gasteiger partial charge in [0.05, 0.1) is 12.1 Å². The van der Waals surface area contributed by atoms with E-state index in [0.717, 1.165) is 0 Å². The van der Waals surface area contributed by atoms with Crippen molar-refractivity contribution in [3.63, 3.8) is 0 Å². The largest absolute Gasteiger partial charge is 0.444 e. The molecule has 0 radical (unpaired) electrons. The first-order valence-corrected chi connectivity index (χ1v) is 8.53. The molecule has 1 fully saturated rings. The van der Waals surface area contributed by atoms with Crippen LogP contribution in [0.3, 0.4) is 0 Å². The predicted octanol–water partition coefficient (Wildman–Crippen LogP) is 2.89. The average Bonchev–Trinajstić information content (AvgIpc) is 2.77. The lowest BCUT2D eigenvalue weighted by molar-refractivity contribution is 0.0241. The Hall–Kier alpha value is -2.80. The summed E-state index contributed by atoms with van der Waals surface area (Å²) in [5, 5.41) is 6.69. The van der Waals surface area contributed by atoms with Crippen LogP contribution >= 0.6 is 0 Å². The van der Waals surface area contributed by atoms with Crippen molar-refractivity contribution in [3.8, 4) is 0 Å². The summed E-state index contributed by atoms with van der Waals surface area (Å²) in [6, 6.07) is 2.26. The summed E-state index contributed by atoms with van der Waals surface area (Å²) >= 11 is 0. The van der Waals surface area contributed by atoms with Crippen LogP contribution in [0, 0.1) is 0 Å². The van der Waals surface area contributed by atoms with Gasteiger partial charge in [-0.05, 0) is 51.3 Å². The lowest BCUT2D eigenvalue weighted by Crippen LogP contribution is -2.50. The summed E-state index contributed by atoms with van der Waals surface area (Å²) in [5.74, 6) is -0.304. The zero-order valence-corrected chi connectivity index (χ0v) is 15.3. The van der Waals surface area contributed by atoms with Crippen LogP contribution in [0.4, 0.5) is 4.79 Å². The highest BCUT2D eigenvalue weighted by atomic mass is 16.6. The van der Waals surface area contributed by atoms with Gasteiger partial charge in [0.1, 0.15) is 5.60 Å². The molecule has 140 valence electrons. The second kappa shape index (κ2) is 8.53. The van der Waals surface area contributed by atoms with Gasteiger partial charge in [-0.2, -0.15) is 0 Å². The summed E-state index contributed by atoms with van der Waals surface area (Å²) in [5.41, 5.74) is 8.68. The molecule has 2 rings (SSSR count). The number of ether oxygens (including phenoxy) is 1. The van der Waals surface area contributed by atoms with E-state index in [0.29, 0.717) is 24.9 Å². The van der Waals surface area contributed by atoms with E-state index in [9.17, 15) is 9.59 Å². The molecule has 9 nitrogen and oxygen atoms in total. The molecule has 0 bridgehead atoms. The van der Waals surface area contributed by atoms with Crippen molar-refractivity contribution in [1.29, 1.82) is 0 Å². The number of hydrogen-bond donors (Lipinski definition) is 1. The van der Waals surface area contributed by atoms with E-state index < -0.39 is 23.8 Å². The lowest BCUT2D eigenvalue weighted by atomic mass is 10.0. The molecule has 1 aromatic heterocycles. The first kappa shape index (κ1) is 19.5. The number of carbonyl (C=O) groups excluding carboxylic acids is 2. The summed E-state index contributed by atoms with van der Waals surface area (Å²) in [6.45, 7) is 6.10. The van der Waals surface area contributed by atoms with Crippen molar-refractivity contribution in [3.05, 3.63) is 40.5 Å². The topological polar surface area (TPSA) is 120 Å². The first-order chi connectivity index (χ1) is 12.3. The third-order valence-corrected chi connectivity index (χ3v) is 3.92. The second-order valence-electron chi connectivity index (χ2n) is 7.16. The molecule has 2 atom stereocenters. The number of azide groups is 1. The van der Waals surface area contributed by atoms with Crippen molar-refractivity contribution in [2.24, 2.45) is 5.11 Å². The normalized spacial score (nSPS) is 20.5. The number of aromatic nitrogens is 1. The quantitative estimate of drug-likeness (QED) is 0.506. The Balaban J connectivity index is 2.15. The van der Waals surface area contributed by atoms with Gasteiger partial charge >= 0.3 is 6.09 Å². The average molecular weight is 360 g/mol. The van der Waals surface area contributed by atoms with E-state index in [1.165, 1.54) is 12.4 Å². The van der Waals surface area contributed by atoms with Crippen LogP contribution in [0.15, 0.2) is 29.6 Å². The van der Waals surface area contributed by atoms with Gasteiger partial charge in [-0.15, -0.1) is 0 Å². The highest BCUT2D eigenvalue weighted by Gasteiger charge is 2.32. The first-order valence-electron chi connectivity index (χ1n) is 8.53. The number of carbonyl (C=O) groups is 2. The summed E-state index contributed by atoms with van der Waals surface area (Å²) in [7, 11) is 0. The third kappa shape index (κ3) is 5.63. The Labute approximate surface area is 152 Å². The Morgan fingerprint density at radius 2 is 2.08 bits per heavy atom. The maximum absolute atomic E-state index is 12.5. The molecule has 1 N–H and O–H groups in total. The van der Waals surface area contributed by atoms with Gasteiger partial charge < -0.3 is 15.0 Å². The highest BCUT2D eigenvalue weighted by Crippen LogP contribution is 2.18. The SMILES string of the molecule is CC(C)(C)OC(=O)N1CCC[C@@H](N=[N+]=[N-])[C@H](NC(=O)c2ccncc2)C1. The number of hydrogen-bond acceptors (Lipinski definition) is 5. The molecule has 2 amide bonds. The molecule has 1 aliphatic heterocycles. The van der Waals surface area contributed by atoms with E-state index in [4.69, 9.17) is 10.3 Å². The Morgan fingerprint density at radius 1 is 1.38 bits per heavy atom. The molecule has 0 spiro atoms. The van der Waals surface area contributed by atoms with Crippen LogP contribution in [0.2, 0.25) is 0 Å². The molecule has 1 saturated heterocycles. The minimum absolute atomic E-state index is 0.218. The van der Waals surface area contributed by atoms with Gasteiger partial charge in [-0.25, -0.2) is 4.79 Å². The minimum atomic E-state index is -0.608. The number of rotatable bonds is 3. The maximum Gasteiger partial charge on any atom is 0.410 e. The van der Waals surface area contributed by atoms with Gasteiger partial charge in [0, 0.05) is 36.0 Å². The fourth-order valence-electron chi connectivity index (χ4n) is 2.74. The fraction of sp³-hybridized carbons (Fsp3) is 0.588. The van der Waals surface area contributed by atoms with E-state index in [2.05, 4.69) is 20.3 Å². The van der Waals surface area contributed by atoms with Crippen LogP contribution in [0.5, 0.6) is 0 Å². The maximum atomic E-state index is 12.5. The smallest absolute Gasteiger partial charge is 0.410 e. The minimum Gasteiger partial charge on any atom is -0.444 e. The molecule has 26 heavy (non-hydrogen) atoms. The fourth-order valence-corrected chi connectivity index (χ4v) is 2.74. The predicted molar refractivity (Wildman–Crippen MR) is 95.5 cm³/mol. The highest BCUT2D eigenvalue weighted by molar-refractivity contribution is 5.94. The van der Waals surface area contributed by atoms with Crippen molar-refractivity contribution in [2.75, 3.05) is 13.1 Å². The van der Waals surface area contributed by atoms with E-state index in [-0.39, 0.29) is 12.5 Å². The van der Waals surface area contributed by atoms with Crippen molar-refractivity contribution in [2.45, 2.75) is 51.3 Å². The third-order valence-electron chi connectivity index (χ3n) is 3.92. The van der Waals surface area contributed by atoms with Gasteiger partial charge in [0.25, 0.3) is 5.91 Å². The van der Waals surface area contributed by atoms with Crippen molar-refractivity contribution >= 4 is 12.0 Å². The molecule has 0 aromatic carbocycles. The molecule has 2 heterocycles. The second-order valence-corrected chi connectivity index (χ2v) is 7.16. The number of likely N-dealkylation sites (tertiary alicyclic amines) is 1. The van der Waals surface area contributed by atoms with E-state index in [1.54, 1.807) is 37.8 Å². The Morgan fingerprint density at radius 3 is 2.69 bits per heavy atom. The molecule has 1 aromatic rings. The van der Waals surface area contributed by atoms with Gasteiger partial charge in [0.15, 0.2) is 0 Å². The van der Waals surface area contributed by atoms with Gasteiger partial charge in [0.2, 0.25) is 0 Å². The van der Waals surface area contributed by atoms with Crippen molar-refractivity contribution in [1.82, 2.24) is 15.2 Å². The summed E-state index contributed by atoms with van der Waals surface area (Å²) < 4.78 is 5.43. The van der Waals surface area contributed by atoms with E-state index in [1.807, 2.05) is 0 Å².